The number of carboxylic acid groups (broad SMARTS) is 1. The second-order valence-electron chi connectivity index (χ2n) is 4.31. The van der Waals surface area contributed by atoms with Crippen molar-refractivity contribution >= 4 is 35.0 Å². The van der Waals surface area contributed by atoms with Crippen molar-refractivity contribution in [2.45, 2.75) is 6.92 Å². The number of benzene rings is 1. The Labute approximate surface area is 125 Å². The summed E-state index contributed by atoms with van der Waals surface area (Å²) < 4.78 is 0. The number of phenolic OH excluding ortho intramolecular Hbond substituents is 1. The Bertz CT molecular complexity index is 718. The number of anilines is 1. The van der Waals surface area contributed by atoms with Crippen molar-refractivity contribution in [3.05, 3.63) is 51.7 Å². The number of aromatic carboxylic acids is 1. The minimum absolute atomic E-state index is 0.0130. The third kappa shape index (κ3) is 3.93. The molecule has 2 aromatic rings. The number of carbonyl (C=O) groups is 2. The van der Waals surface area contributed by atoms with E-state index in [1.54, 1.807) is 17.4 Å². The van der Waals surface area contributed by atoms with Crippen LogP contribution in [0.5, 0.6) is 5.75 Å². The van der Waals surface area contributed by atoms with Crippen LogP contribution in [0.15, 0.2) is 36.4 Å². The molecule has 0 aliphatic heterocycles. The van der Waals surface area contributed by atoms with E-state index >= 15 is 0 Å². The third-order valence-corrected chi connectivity index (χ3v) is 3.63. The van der Waals surface area contributed by atoms with Gasteiger partial charge in [-0.15, -0.1) is 11.3 Å². The summed E-state index contributed by atoms with van der Waals surface area (Å²) in [6.07, 6.45) is 2.99. The van der Waals surface area contributed by atoms with Crippen molar-refractivity contribution in [2.24, 2.45) is 0 Å². The Morgan fingerprint density at radius 2 is 2.00 bits per heavy atom. The highest BCUT2D eigenvalue weighted by molar-refractivity contribution is 7.12. The molecule has 1 amide bonds. The van der Waals surface area contributed by atoms with Gasteiger partial charge in [-0.2, -0.15) is 0 Å². The lowest BCUT2D eigenvalue weighted by molar-refractivity contribution is -0.111. The lowest BCUT2D eigenvalue weighted by Gasteiger charge is -2.06. The molecule has 6 heteroatoms. The Hall–Kier alpha value is -2.60. The van der Waals surface area contributed by atoms with Crippen LogP contribution in [-0.4, -0.2) is 22.1 Å². The van der Waals surface area contributed by atoms with Gasteiger partial charge in [0.2, 0.25) is 5.91 Å². The predicted molar refractivity (Wildman–Crippen MR) is 81.8 cm³/mol. The fourth-order valence-electron chi connectivity index (χ4n) is 1.64. The van der Waals surface area contributed by atoms with E-state index < -0.39 is 11.9 Å². The van der Waals surface area contributed by atoms with E-state index in [2.05, 4.69) is 5.32 Å². The lowest BCUT2D eigenvalue weighted by atomic mass is 10.2. The van der Waals surface area contributed by atoms with Gasteiger partial charge in [-0.3, -0.25) is 4.79 Å². The molecule has 0 radical (unpaired) electrons. The van der Waals surface area contributed by atoms with Crippen molar-refractivity contribution in [3.63, 3.8) is 0 Å². The molecule has 0 aliphatic carbocycles. The fourth-order valence-corrected chi connectivity index (χ4v) is 2.42. The van der Waals surface area contributed by atoms with E-state index in [1.807, 2.05) is 19.1 Å². The largest absolute Gasteiger partial charge is 0.506 e. The van der Waals surface area contributed by atoms with Crippen LogP contribution in [0.4, 0.5) is 5.69 Å². The molecule has 2 rings (SSSR count). The zero-order valence-corrected chi connectivity index (χ0v) is 12.0. The van der Waals surface area contributed by atoms with E-state index in [4.69, 9.17) is 5.11 Å². The SMILES string of the molecule is Cc1ccc(/C=C/C(=O)Nc2cc(C(=O)O)ccc2O)s1. The number of rotatable bonds is 4. The number of aromatic hydroxyl groups is 1. The number of amides is 1. The molecular formula is C15H13NO4S. The highest BCUT2D eigenvalue weighted by Gasteiger charge is 2.09. The number of hydrogen-bond acceptors (Lipinski definition) is 4. The third-order valence-electron chi connectivity index (χ3n) is 2.66. The van der Waals surface area contributed by atoms with E-state index in [1.165, 1.54) is 24.3 Å². The van der Waals surface area contributed by atoms with E-state index in [0.717, 1.165) is 9.75 Å². The molecule has 0 bridgehead atoms. The molecule has 5 nitrogen and oxygen atoms in total. The van der Waals surface area contributed by atoms with Crippen LogP contribution in [0.25, 0.3) is 6.08 Å². The number of carbonyl (C=O) groups excluding carboxylic acids is 1. The molecule has 0 saturated heterocycles. The Morgan fingerprint density at radius 3 is 2.62 bits per heavy atom. The molecule has 0 atom stereocenters. The lowest BCUT2D eigenvalue weighted by Crippen LogP contribution is -2.09. The first-order valence-corrected chi connectivity index (χ1v) is 6.89. The van der Waals surface area contributed by atoms with Gasteiger partial charge in [0.05, 0.1) is 11.3 Å². The van der Waals surface area contributed by atoms with Gasteiger partial charge in [0.15, 0.2) is 0 Å². The molecule has 1 aromatic heterocycles. The smallest absolute Gasteiger partial charge is 0.335 e. The number of nitrogens with one attached hydrogen (secondary N) is 1. The molecule has 1 aromatic carbocycles. The summed E-state index contributed by atoms with van der Waals surface area (Å²) in [5.41, 5.74) is 0.0490. The Kier molecular flexibility index (Phi) is 4.39. The molecular weight excluding hydrogens is 290 g/mol. The van der Waals surface area contributed by atoms with Gasteiger partial charge in [0, 0.05) is 15.8 Å². The molecule has 0 fully saturated rings. The van der Waals surface area contributed by atoms with Crippen molar-refractivity contribution in [2.75, 3.05) is 5.32 Å². The van der Waals surface area contributed by atoms with Gasteiger partial charge in [0.25, 0.3) is 0 Å². The zero-order chi connectivity index (χ0) is 15.4. The molecule has 0 saturated carbocycles. The maximum atomic E-state index is 11.8. The average Bonchev–Trinajstić information content (AvgIpc) is 2.84. The highest BCUT2D eigenvalue weighted by atomic mass is 32.1. The number of aryl methyl sites for hydroxylation is 1. The Balaban J connectivity index is 2.10. The fraction of sp³-hybridized carbons (Fsp3) is 0.0667. The van der Waals surface area contributed by atoms with Crippen molar-refractivity contribution in [1.82, 2.24) is 0 Å². The molecule has 0 unspecified atom stereocenters. The number of carboxylic acids is 1. The maximum absolute atomic E-state index is 11.8. The summed E-state index contributed by atoms with van der Waals surface area (Å²) in [7, 11) is 0. The summed E-state index contributed by atoms with van der Waals surface area (Å²) >= 11 is 1.55. The Morgan fingerprint density at radius 1 is 1.24 bits per heavy atom. The molecule has 21 heavy (non-hydrogen) atoms. The van der Waals surface area contributed by atoms with Crippen molar-refractivity contribution in [1.29, 1.82) is 0 Å². The van der Waals surface area contributed by atoms with Gasteiger partial charge in [0.1, 0.15) is 5.75 Å². The first kappa shape index (κ1) is 14.8. The summed E-state index contributed by atoms with van der Waals surface area (Å²) in [6.45, 7) is 1.97. The molecule has 0 aliphatic rings. The van der Waals surface area contributed by atoms with Crippen molar-refractivity contribution in [3.8, 4) is 5.75 Å². The first-order valence-electron chi connectivity index (χ1n) is 6.07. The molecule has 108 valence electrons. The maximum Gasteiger partial charge on any atom is 0.335 e. The van der Waals surface area contributed by atoms with Crippen LogP contribution in [0, 0.1) is 6.92 Å². The number of thiophene rings is 1. The van der Waals surface area contributed by atoms with Gasteiger partial charge < -0.3 is 15.5 Å². The first-order chi connectivity index (χ1) is 9.95. The second-order valence-corrected chi connectivity index (χ2v) is 5.63. The summed E-state index contributed by atoms with van der Waals surface area (Å²) in [4.78, 5) is 24.7. The molecule has 3 N–H and O–H groups in total. The normalized spacial score (nSPS) is 10.7. The second kappa shape index (κ2) is 6.23. The van der Waals surface area contributed by atoms with Crippen LogP contribution in [0.3, 0.4) is 0 Å². The van der Waals surface area contributed by atoms with Gasteiger partial charge in [-0.1, -0.05) is 0 Å². The van der Waals surface area contributed by atoms with E-state index in [0.29, 0.717) is 0 Å². The van der Waals surface area contributed by atoms with Crippen LogP contribution >= 0.6 is 11.3 Å². The monoisotopic (exact) mass is 303 g/mol. The van der Waals surface area contributed by atoms with E-state index in [-0.39, 0.29) is 17.0 Å². The van der Waals surface area contributed by atoms with E-state index in [9.17, 15) is 14.7 Å². The van der Waals surface area contributed by atoms with Crippen LogP contribution < -0.4 is 5.32 Å². The van der Waals surface area contributed by atoms with Gasteiger partial charge in [-0.05, 0) is 43.3 Å². The topological polar surface area (TPSA) is 86.6 Å². The summed E-state index contributed by atoms with van der Waals surface area (Å²) in [5.74, 6) is -1.76. The summed E-state index contributed by atoms with van der Waals surface area (Å²) in [5, 5.41) is 21.0. The highest BCUT2D eigenvalue weighted by Crippen LogP contribution is 2.24. The quantitative estimate of drug-likeness (QED) is 0.598. The van der Waals surface area contributed by atoms with Crippen molar-refractivity contribution < 1.29 is 19.8 Å². The van der Waals surface area contributed by atoms with Crippen LogP contribution in [-0.2, 0) is 4.79 Å². The van der Waals surface area contributed by atoms with Gasteiger partial charge in [-0.25, -0.2) is 4.79 Å². The molecule has 1 heterocycles. The predicted octanol–water partition coefficient (Wildman–Crippen LogP) is 3.11. The molecule has 0 spiro atoms. The summed E-state index contributed by atoms with van der Waals surface area (Å²) in [6, 6.07) is 7.54. The number of hydrogen-bond donors (Lipinski definition) is 3. The number of phenols is 1. The van der Waals surface area contributed by atoms with Gasteiger partial charge >= 0.3 is 5.97 Å². The minimum atomic E-state index is -1.13. The minimum Gasteiger partial charge on any atom is -0.506 e. The standard InChI is InChI=1S/C15H13NO4S/c1-9-2-4-11(21-9)5-7-14(18)16-12-8-10(15(19)20)3-6-13(12)17/h2-8,17H,1H3,(H,16,18)(H,19,20)/b7-5+. The average molecular weight is 303 g/mol. The van der Waals surface area contributed by atoms with Crippen LogP contribution in [0.1, 0.15) is 20.1 Å². The van der Waals surface area contributed by atoms with Crippen LogP contribution in [0.2, 0.25) is 0 Å². The zero-order valence-electron chi connectivity index (χ0n) is 11.2.